The van der Waals surface area contributed by atoms with E-state index in [1.165, 1.54) is 19.3 Å². The van der Waals surface area contributed by atoms with Crippen LogP contribution in [0, 0.1) is 0 Å². The van der Waals surface area contributed by atoms with Gasteiger partial charge in [-0.25, -0.2) is 0 Å². The van der Waals surface area contributed by atoms with Gasteiger partial charge in [0.1, 0.15) is 0 Å². The number of rotatable bonds is 5. The molecule has 0 aliphatic carbocycles. The molecule has 0 bridgehead atoms. The van der Waals surface area contributed by atoms with Crippen LogP contribution in [0.1, 0.15) is 63.9 Å². The van der Waals surface area contributed by atoms with Crippen molar-refractivity contribution in [2.24, 2.45) is 0 Å². The van der Waals surface area contributed by atoms with E-state index in [1.807, 2.05) is 18.2 Å². The summed E-state index contributed by atoms with van der Waals surface area (Å²) in [4.78, 5) is 6.95. The van der Waals surface area contributed by atoms with Crippen molar-refractivity contribution in [2.75, 3.05) is 18.0 Å². The van der Waals surface area contributed by atoms with Gasteiger partial charge < -0.3 is 9.42 Å². The highest BCUT2D eigenvalue weighted by Gasteiger charge is 2.27. The fraction of sp³-hybridized carbons (Fsp3) is 0.524. The number of thioether (sulfide) groups is 1. The summed E-state index contributed by atoms with van der Waals surface area (Å²) in [5.41, 5.74) is 0.922. The lowest BCUT2D eigenvalue weighted by atomic mass is 9.96. The van der Waals surface area contributed by atoms with Crippen LogP contribution in [-0.4, -0.2) is 38.0 Å². The second-order valence-electron chi connectivity index (χ2n) is 8.47. The molecule has 8 heteroatoms. The molecule has 2 aromatic heterocycles. The van der Waals surface area contributed by atoms with Crippen LogP contribution in [0.2, 0.25) is 0 Å². The Morgan fingerprint density at radius 3 is 2.41 bits per heavy atom. The van der Waals surface area contributed by atoms with Gasteiger partial charge in [-0.2, -0.15) is 4.98 Å². The van der Waals surface area contributed by atoms with Crippen LogP contribution in [0.15, 0.2) is 40.0 Å². The molecule has 1 aliphatic heterocycles. The third kappa shape index (κ3) is 4.32. The van der Waals surface area contributed by atoms with Gasteiger partial charge in [0, 0.05) is 18.5 Å². The zero-order chi connectivity index (χ0) is 20.4. The lowest BCUT2D eigenvalue weighted by molar-refractivity contribution is 0.364. The maximum atomic E-state index is 5.54. The molecule has 1 aliphatic rings. The number of para-hydroxylation sites is 1. The Balaban J connectivity index is 1.65. The molecular formula is C21H28N6OS. The monoisotopic (exact) mass is 412 g/mol. The molecule has 7 nitrogen and oxygen atoms in total. The van der Waals surface area contributed by atoms with Crippen LogP contribution in [0.25, 0.3) is 5.69 Å². The van der Waals surface area contributed by atoms with Gasteiger partial charge in [0.15, 0.2) is 11.0 Å². The molecule has 154 valence electrons. The minimum atomic E-state index is -0.141. The highest BCUT2D eigenvalue weighted by molar-refractivity contribution is 7.99. The topological polar surface area (TPSA) is 72.9 Å². The summed E-state index contributed by atoms with van der Waals surface area (Å²) in [7, 11) is 0. The van der Waals surface area contributed by atoms with E-state index in [0.717, 1.165) is 35.7 Å². The summed E-state index contributed by atoms with van der Waals surface area (Å²) in [6, 6.07) is 10.3. The lowest BCUT2D eigenvalue weighted by Gasteiger charge is -2.27. The molecular weight excluding hydrogens is 384 g/mol. The molecule has 1 atom stereocenters. The van der Waals surface area contributed by atoms with E-state index in [1.54, 1.807) is 11.8 Å². The predicted molar refractivity (Wildman–Crippen MR) is 115 cm³/mol. The first-order chi connectivity index (χ1) is 13.9. The number of nitrogens with zero attached hydrogens (tertiary/aromatic N) is 6. The van der Waals surface area contributed by atoms with Crippen LogP contribution >= 0.6 is 11.8 Å². The van der Waals surface area contributed by atoms with Gasteiger partial charge in [-0.15, -0.1) is 10.2 Å². The summed E-state index contributed by atoms with van der Waals surface area (Å²) in [6.45, 7) is 10.3. The Labute approximate surface area is 175 Å². The number of anilines is 1. The smallest absolute Gasteiger partial charge is 0.239 e. The number of piperidine rings is 1. The molecule has 0 amide bonds. The van der Waals surface area contributed by atoms with Crippen molar-refractivity contribution >= 4 is 17.7 Å². The average molecular weight is 413 g/mol. The summed E-state index contributed by atoms with van der Waals surface area (Å²) >= 11 is 1.59. The second kappa shape index (κ2) is 8.18. The molecule has 1 saturated heterocycles. The minimum absolute atomic E-state index is 0.0283. The van der Waals surface area contributed by atoms with Crippen LogP contribution in [-0.2, 0) is 5.41 Å². The van der Waals surface area contributed by atoms with Crippen molar-refractivity contribution in [1.82, 2.24) is 24.9 Å². The predicted octanol–water partition coefficient (Wildman–Crippen LogP) is 4.79. The number of aromatic nitrogens is 5. The minimum Gasteiger partial charge on any atom is -0.341 e. The second-order valence-corrected chi connectivity index (χ2v) is 9.78. The molecule has 3 heterocycles. The van der Waals surface area contributed by atoms with Crippen molar-refractivity contribution in [2.45, 2.75) is 62.8 Å². The Morgan fingerprint density at radius 2 is 1.76 bits per heavy atom. The van der Waals surface area contributed by atoms with Gasteiger partial charge in [-0.05, 0) is 38.3 Å². The van der Waals surface area contributed by atoms with E-state index < -0.39 is 0 Å². The van der Waals surface area contributed by atoms with Crippen molar-refractivity contribution < 1.29 is 4.52 Å². The third-order valence-electron chi connectivity index (χ3n) is 5.01. The largest absolute Gasteiger partial charge is 0.341 e. The highest BCUT2D eigenvalue weighted by Crippen LogP contribution is 2.37. The molecule has 29 heavy (non-hydrogen) atoms. The van der Waals surface area contributed by atoms with Gasteiger partial charge >= 0.3 is 0 Å². The van der Waals surface area contributed by atoms with Gasteiger partial charge in [-0.1, -0.05) is 55.9 Å². The molecule has 0 saturated carbocycles. The zero-order valence-corrected chi connectivity index (χ0v) is 18.3. The van der Waals surface area contributed by atoms with Crippen LogP contribution in [0.3, 0.4) is 0 Å². The normalized spacial score (nSPS) is 16.2. The molecule has 1 aromatic carbocycles. The molecule has 0 radical (unpaired) electrons. The van der Waals surface area contributed by atoms with E-state index in [4.69, 9.17) is 4.52 Å². The van der Waals surface area contributed by atoms with Crippen molar-refractivity contribution in [3.63, 3.8) is 0 Å². The molecule has 1 unspecified atom stereocenters. The Hall–Kier alpha value is -2.35. The zero-order valence-electron chi connectivity index (χ0n) is 17.5. The number of benzene rings is 1. The van der Waals surface area contributed by atoms with Crippen molar-refractivity contribution in [3.05, 3.63) is 42.0 Å². The average Bonchev–Trinajstić information content (AvgIpc) is 3.37. The first-order valence-corrected chi connectivity index (χ1v) is 11.1. The maximum Gasteiger partial charge on any atom is 0.239 e. The fourth-order valence-corrected chi connectivity index (χ4v) is 4.25. The molecule has 1 fully saturated rings. The molecule has 4 rings (SSSR count). The van der Waals surface area contributed by atoms with E-state index in [9.17, 15) is 0 Å². The molecule has 0 N–H and O–H groups in total. The van der Waals surface area contributed by atoms with Crippen molar-refractivity contribution in [1.29, 1.82) is 0 Å². The standard InChI is InChI=1S/C21H28N6OS/c1-15(17-22-18(25-28-17)21(2,3)4)29-20-24-23-19(26-13-9-6-10-14-26)27(20)16-11-7-5-8-12-16/h5,7-8,11-12,15H,6,9-10,13-14H2,1-4H3. The summed E-state index contributed by atoms with van der Waals surface area (Å²) in [6.07, 6.45) is 3.66. The van der Waals surface area contributed by atoms with Gasteiger partial charge in [0.2, 0.25) is 11.8 Å². The number of hydrogen-bond acceptors (Lipinski definition) is 7. The fourth-order valence-electron chi connectivity index (χ4n) is 3.35. The van der Waals surface area contributed by atoms with E-state index in [2.05, 4.69) is 69.6 Å². The third-order valence-corrected chi connectivity index (χ3v) is 6.04. The Bertz CT molecular complexity index is 940. The maximum absolute atomic E-state index is 5.54. The number of hydrogen-bond donors (Lipinski definition) is 0. The van der Waals surface area contributed by atoms with Gasteiger partial charge in [0.25, 0.3) is 0 Å². The van der Waals surface area contributed by atoms with E-state index >= 15 is 0 Å². The molecule has 3 aromatic rings. The Morgan fingerprint density at radius 1 is 1.03 bits per heavy atom. The van der Waals surface area contributed by atoms with E-state index in [0.29, 0.717) is 5.89 Å². The van der Waals surface area contributed by atoms with Crippen LogP contribution < -0.4 is 4.90 Å². The quantitative estimate of drug-likeness (QED) is 0.558. The molecule has 0 spiro atoms. The van der Waals surface area contributed by atoms with Crippen molar-refractivity contribution in [3.8, 4) is 5.69 Å². The SMILES string of the molecule is CC(Sc1nnc(N2CCCCC2)n1-c1ccccc1)c1nc(C(C)(C)C)no1. The first-order valence-electron chi connectivity index (χ1n) is 10.2. The summed E-state index contributed by atoms with van der Waals surface area (Å²) in [5, 5.41) is 14.1. The van der Waals surface area contributed by atoms with Crippen LogP contribution in [0.5, 0.6) is 0 Å². The highest BCUT2D eigenvalue weighted by atomic mass is 32.2. The Kier molecular flexibility index (Phi) is 5.63. The van der Waals surface area contributed by atoms with Gasteiger partial charge in [0.05, 0.1) is 10.9 Å². The summed E-state index contributed by atoms with van der Waals surface area (Å²) < 4.78 is 7.69. The van der Waals surface area contributed by atoms with E-state index in [-0.39, 0.29) is 10.7 Å². The lowest BCUT2D eigenvalue weighted by Crippen LogP contribution is -2.31. The summed E-state index contributed by atoms with van der Waals surface area (Å²) in [5.74, 6) is 2.24. The van der Waals surface area contributed by atoms with Crippen LogP contribution in [0.4, 0.5) is 5.95 Å². The van der Waals surface area contributed by atoms with Gasteiger partial charge in [-0.3, -0.25) is 4.57 Å². The first kappa shape index (κ1) is 19.9.